The minimum absolute atomic E-state index is 0.0620. The first-order valence-corrected chi connectivity index (χ1v) is 15.8. The lowest BCUT2D eigenvalue weighted by molar-refractivity contribution is -0.141. The van der Waals surface area contributed by atoms with E-state index >= 15 is 0 Å². The maximum atomic E-state index is 13.9. The molecule has 6 rings (SSSR count). The number of pyridine rings is 1. The number of anilines is 2. The van der Waals surface area contributed by atoms with Gasteiger partial charge >= 0.3 is 5.97 Å². The molecule has 3 aliphatic rings. The lowest BCUT2D eigenvalue weighted by Crippen LogP contribution is -2.40. The van der Waals surface area contributed by atoms with E-state index in [1.54, 1.807) is 16.0 Å². The Morgan fingerprint density at radius 1 is 1.07 bits per heavy atom. The highest BCUT2D eigenvalue weighted by Gasteiger charge is 2.40. The van der Waals surface area contributed by atoms with Gasteiger partial charge in [0.2, 0.25) is 11.8 Å². The first-order chi connectivity index (χ1) is 20.5. The summed E-state index contributed by atoms with van der Waals surface area (Å²) in [7, 11) is 0. The summed E-state index contributed by atoms with van der Waals surface area (Å²) >= 11 is 1.42. The van der Waals surface area contributed by atoms with Crippen molar-refractivity contribution in [3.05, 3.63) is 48.0 Å². The van der Waals surface area contributed by atoms with Gasteiger partial charge in [0.25, 0.3) is 0 Å². The number of rotatable bonds is 10. The highest BCUT2D eigenvalue weighted by atomic mass is 32.1. The van der Waals surface area contributed by atoms with Crippen molar-refractivity contribution in [1.82, 2.24) is 9.97 Å². The Kier molecular flexibility index (Phi) is 8.62. The van der Waals surface area contributed by atoms with Gasteiger partial charge in [0.1, 0.15) is 5.82 Å². The van der Waals surface area contributed by atoms with Crippen molar-refractivity contribution in [3.63, 3.8) is 0 Å². The average Bonchev–Trinajstić information content (AvgIpc) is 3.73. The second kappa shape index (κ2) is 12.7. The van der Waals surface area contributed by atoms with Crippen LogP contribution in [0.2, 0.25) is 0 Å². The molecule has 220 valence electrons. The molecule has 1 aromatic carbocycles. The number of carboxylic acid groups (broad SMARTS) is 1. The van der Waals surface area contributed by atoms with E-state index in [1.165, 1.54) is 11.3 Å². The average molecular weight is 589 g/mol. The monoisotopic (exact) mass is 588 g/mol. The molecule has 0 spiro atoms. The van der Waals surface area contributed by atoms with Gasteiger partial charge in [-0.15, -0.1) is 11.3 Å². The van der Waals surface area contributed by atoms with Crippen LogP contribution in [0.25, 0.3) is 22.4 Å². The number of ether oxygens (including phenoxy) is 1. The summed E-state index contributed by atoms with van der Waals surface area (Å²) in [5.74, 6) is -0.582. The zero-order valence-corrected chi connectivity index (χ0v) is 24.4. The Labute approximate surface area is 249 Å². The van der Waals surface area contributed by atoms with Crippen LogP contribution in [0.1, 0.15) is 57.8 Å². The number of hydrogen-bond acceptors (Lipinski definition) is 7. The lowest BCUT2D eigenvalue weighted by Gasteiger charge is -2.29. The van der Waals surface area contributed by atoms with E-state index in [9.17, 15) is 19.5 Å². The highest BCUT2D eigenvalue weighted by molar-refractivity contribution is 7.14. The molecule has 0 radical (unpaired) electrons. The van der Waals surface area contributed by atoms with Crippen molar-refractivity contribution in [1.29, 1.82) is 0 Å². The smallest absolute Gasteiger partial charge is 0.304 e. The normalized spacial score (nSPS) is 18.6. The molecule has 2 aromatic heterocycles. The van der Waals surface area contributed by atoms with Crippen LogP contribution in [0.15, 0.2) is 48.0 Å². The largest absolute Gasteiger partial charge is 0.481 e. The molecule has 0 bridgehead atoms. The molecule has 2 aliphatic heterocycles. The molecule has 9 nitrogen and oxygen atoms in total. The van der Waals surface area contributed by atoms with Gasteiger partial charge < -0.3 is 9.84 Å². The second-order valence-electron chi connectivity index (χ2n) is 11.5. The van der Waals surface area contributed by atoms with Crippen LogP contribution in [-0.2, 0) is 19.1 Å². The van der Waals surface area contributed by atoms with Gasteiger partial charge in [-0.3, -0.25) is 24.2 Å². The number of carbonyl (C=O) groups excluding carboxylic acids is 2. The van der Waals surface area contributed by atoms with Crippen LogP contribution >= 0.6 is 11.3 Å². The van der Waals surface area contributed by atoms with Crippen molar-refractivity contribution in [2.75, 3.05) is 29.6 Å². The van der Waals surface area contributed by atoms with Gasteiger partial charge in [0.15, 0.2) is 5.13 Å². The number of piperidine rings is 1. The summed E-state index contributed by atoms with van der Waals surface area (Å²) in [6.07, 6.45) is 8.16. The minimum atomic E-state index is -0.950. The molecule has 3 aromatic rings. The van der Waals surface area contributed by atoms with E-state index in [-0.39, 0.29) is 24.3 Å². The first-order valence-electron chi connectivity index (χ1n) is 14.9. The number of nitrogens with zero attached hydrogens (tertiary/aromatic N) is 4. The third-order valence-electron chi connectivity index (χ3n) is 8.44. The molecule has 0 unspecified atom stereocenters. The summed E-state index contributed by atoms with van der Waals surface area (Å²) < 4.78 is 5.47. The number of aromatic nitrogens is 2. The molecule has 1 atom stereocenters. The van der Waals surface area contributed by atoms with Crippen LogP contribution in [0.5, 0.6) is 0 Å². The highest BCUT2D eigenvalue weighted by Crippen LogP contribution is 2.40. The van der Waals surface area contributed by atoms with Crippen LogP contribution in [-0.4, -0.2) is 58.7 Å². The molecule has 2 amide bonds. The Morgan fingerprint density at radius 2 is 1.86 bits per heavy atom. The van der Waals surface area contributed by atoms with E-state index in [1.807, 2.05) is 41.8 Å². The summed E-state index contributed by atoms with van der Waals surface area (Å²) in [6.45, 7) is 2.02. The van der Waals surface area contributed by atoms with E-state index in [0.29, 0.717) is 49.5 Å². The van der Waals surface area contributed by atoms with E-state index in [2.05, 4.69) is 4.98 Å². The number of carboxylic acids is 1. The third-order valence-corrected chi connectivity index (χ3v) is 9.28. The molecule has 1 saturated carbocycles. The molecular formula is C32H36N4O5S. The van der Waals surface area contributed by atoms with Gasteiger partial charge in [-0.05, 0) is 68.6 Å². The molecule has 10 heteroatoms. The zero-order chi connectivity index (χ0) is 29.1. The number of hydrogen-bond donors (Lipinski definition) is 1. The molecule has 3 fully saturated rings. The number of carbonyl (C=O) groups is 3. The standard InChI is InChI=1S/C32H36N4O5S/c37-29-7-3-4-14-35(29)28-11-8-22(19-33-28)25-5-1-2-6-26(25)27-20-42-32(34-27)36(24-9-10-24)31(40)23(18-30(38)39)17-21-12-15-41-16-13-21/h1-2,5-6,8,11,19-21,23-24H,3-4,7,9-10,12-18H2,(H,38,39)/t23-/m1/s1. The van der Waals surface area contributed by atoms with Crippen molar-refractivity contribution in [2.45, 2.75) is 63.8 Å². The maximum Gasteiger partial charge on any atom is 0.304 e. The van der Waals surface area contributed by atoms with Gasteiger partial charge in [-0.2, -0.15) is 0 Å². The van der Waals surface area contributed by atoms with Crippen molar-refractivity contribution >= 4 is 40.1 Å². The summed E-state index contributed by atoms with van der Waals surface area (Å²) in [6, 6.07) is 11.9. The Morgan fingerprint density at radius 3 is 2.55 bits per heavy atom. The topological polar surface area (TPSA) is 113 Å². The summed E-state index contributed by atoms with van der Waals surface area (Å²) in [4.78, 5) is 51.1. The number of thiazole rings is 1. The van der Waals surface area contributed by atoms with Crippen molar-refractivity contribution in [2.24, 2.45) is 11.8 Å². The van der Waals surface area contributed by atoms with E-state index in [4.69, 9.17) is 9.72 Å². The summed E-state index contributed by atoms with van der Waals surface area (Å²) in [5.41, 5.74) is 3.57. The Bertz CT molecular complexity index is 1430. The lowest BCUT2D eigenvalue weighted by atomic mass is 9.86. The van der Waals surface area contributed by atoms with Gasteiger partial charge in [-0.25, -0.2) is 9.97 Å². The maximum absolute atomic E-state index is 13.9. The van der Waals surface area contributed by atoms with Crippen LogP contribution in [0.3, 0.4) is 0 Å². The SMILES string of the molecule is O=C(O)C[C@@H](CC1CCOCC1)C(=O)N(c1nc(-c2ccccc2-c2ccc(N3CCCCC3=O)nc2)cs1)C1CC1. The van der Waals surface area contributed by atoms with Crippen molar-refractivity contribution < 1.29 is 24.2 Å². The molecule has 1 aliphatic carbocycles. The third kappa shape index (κ3) is 6.39. The van der Waals surface area contributed by atoms with Gasteiger partial charge in [0.05, 0.1) is 12.1 Å². The fraction of sp³-hybridized carbons (Fsp3) is 0.469. The zero-order valence-electron chi connectivity index (χ0n) is 23.6. The van der Waals surface area contributed by atoms with E-state index < -0.39 is 11.9 Å². The predicted molar refractivity (Wildman–Crippen MR) is 161 cm³/mol. The Hall–Kier alpha value is -3.63. The molecule has 42 heavy (non-hydrogen) atoms. The molecule has 2 saturated heterocycles. The van der Waals surface area contributed by atoms with Gasteiger partial charge in [0, 0.05) is 60.8 Å². The number of benzene rings is 1. The second-order valence-corrected chi connectivity index (χ2v) is 12.3. The quantitative estimate of drug-likeness (QED) is 0.319. The van der Waals surface area contributed by atoms with Crippen LogP contribution in [0, 0.1) is 11.8 Å². The summed E-state index contributed by atoms with van der Waals surface area (Å²) in [5, 5.41) is 12.2. The molecule has 4 heterocycles. The van der Waals surface area contributed by atoms with Gasteiger partial charge in [-0.1, -0.05) is 24.3 Å². The van der Waals surface area contributed by atoms with E-state index in [0.717, 1.165) is 60.9 Å². The fourth-order valence-electron chi connectivity index (χ4n) is 6.04. The Balaban J connectivity index is 1.25. The molecule has 1 N–H and O–H groups in total. The van der Waals surface area contributed by atoms with Crippen molar-refractivity contribution in [3.8, 4) is 22.4 Å². The number of aliphatic carboxylic acids is 1. The first kappa shape index (κ1) is 28.5. The van der Waals surface area contributed by atoms with Crippen LogP contribution in [0.4, 0.5) is 10.9 Å². The minimum Gasteiger partial charge on any atom is -0.481 e. The molecular weight excluding hydrogens is 552 g/mol. The fourth-order valence-corrected chi connectivity index (χ4v) is 6.94. The predicted octanol–water partition coefficient (Wildman–Crippen LogP) is 5.79. The number of amides is 2. The van der Waals surface area contributed by atoms with Crippen LogP contribution < -0.4 is 9.80 Å².